The normalized spacial score (nSPS) is 15.4. The van der Waals surface area contributed by atoms with Crippen LogP contribution in [0.3, 0.4) is 0 Å². The number of hydrogen-bond donors (Lipinski definition) is 1. The third kappa shape index (κ3) is 6.77. The van der Waals surface area contributed by atoms with Gasteiger partial charge in [-0.05, 0) is 55.7 Å². The highest BCUT2D eigenvalue weighted by Gasteiger charge is 2.29. The topological polar surface area (TPSA) is 122 Å². The van der Waals surface area contributed by atoms with E-state index in [4.69, 9.17) is 20.8 Å². The minimum atomic E-state index is -3.88. The van der Waals surface area contributed by atoms with Crippen LogP contribution in [0, 0.1) is 12.4 Å². The van der Waals surface area contributed by atoms with Gasteiger partial charge in [0.05, 0.1) is 35.0 Å². The number of ether oxygens (including phenoxy) is 3. The number of rotatable bonds is 11. The highest BCUT2D eigenvalue weighted by Crippen LogP contribution is 2.37. The number of nitrogens with one attached hydrogen (secondary N) is 1. The predicted molar refractivity (Wildman–Crippen MR) is 155 cm³/mol. The molecular weight excluding hydrogens is 601 g/mol. The molecule has 0 aliphatic carbocycles. The summed E-state index contributed by atoms with van der Waals surface area (Å²) in [6.07, 6.45) is -0.665. The number of pyridine rings is 2. The van der Waals surface area contributed by atoms with Gasteiger partial charge in [0.25, 0.3) is 6.43 Å². The first-order valence-electron chi connectivity index (χ1n) is 13.7. The highest BCUT2D eigenvalue weighted by atomic mass is 32.2. The molecular formula is C29H29F3N6O5S. The number of hydrogen-bond acceptors (Lipinski definition) is 9. The minimum absolute atomic E-state index is 0.0281. The maximum absolute atomic E-state index is 14.4. The second-order valence-electron chi connectivity index (χ2n) is 10.1. The average Bonchev–Trinajstić information content (AvgIpc) is 3.39. The molecule has 0 spiro atoms. The fourth-order valence-corrected chi connectivity index (χ4v) is 5.77. The number of sulfone groups is 1. The second kappa shape index (κ2) is 13.2. The van der Waals surface area contributed by atoms with Gasteiger partial charge >= 0.3 is 5.82 Å². The molecule has 1 atom stereocenters. The van der Waals surface area contributed by atoms with Crippen molar-refractivity contribution in [2.24, 2.45) is 0 Å². The van der Waals surface area contributed by atoms with Crippen LogP contribution in [0.15, 0.2) is 41.3 Å². The summed E-state index contributed by atoms with van der Waals surface area (Å²) in [6, 6.07) is 8.01. The van der Waals surface area contributed by atoms with E-state index in [1.165, 1.54) is 23.8 Å². The van der Waals surface area contributed by atoms with E-state index in [1.54, 1.807) is 12.1 Å². The number of anilines is 2. The molecule has 1 aliphatic rings. The summed E-state index contributed by atoms with van der Waals surface area (Å²) in [5.41, 5.74) is 1.15. The van der Waals surface area contributed by atoms with Crippen LogP contribution in [0.1, 0.15) is 49.1 Å². The number of alkyl halides is 2. The summed E-state index contributed by atoms with van der Waals surface area (Å²) in [7, 11) is -2.35. The van der Waals surface area contributed by atoms with Gasteiger partial charge in [-0.15, -0.1) is 4.98 Å². The van der Waals surface area contributed by atoms with E-state index in [0.717, 1.165) is 31.2 Å². The van der Waals surface area contributed by atoms with Crippen LogP contribution in [0.2, 0.25) is 0 Å². The summed E-state index contributed by atoms with van der Waals surface area (Å²) < 4.78 is 85.4. The number of fused-ring (bicyclic) bond motifs is 1. The van der Waals surface area contributed by atoms with Crippen molar-refractivity contribution in [3.8, 4) is 5.75 Å². The Morgan fingerprint density at radius 3 is 2.61 bits per heavy atom. The van der Waals surface area contributed by atoms with Gasteiger partial charge in [0, 0.05) is 20.0 Å². The molecule has 1 saturated heterocycles. The molecule has 0 radical (unpaired) electrons. The number of benzene rings is 1. The third-order valence-electron chi connectivity index (χ3n) is 6.89. The molecule has 1 N–H and O–H groups in total. The van der Waals surface area contributed by atoms with Crippen molar-refractivity contribution in [2.45, 2.75) is 43.2 Å². The van der Waals surface area contributed by atoms with Crippen LogP contribution in [0.25, 0.3) is 16.0 Å². The molecule has 1 unspecified atom stereocenters. The van der Waals surface area contributed by atoms with Crippen LogP contribution in [-0.2, 0) is 25.7 Å². The monoisotopic (exact) mass is 630 g/mol. The SMILES string of the molecule is [C-]#[N+]c1nc(Cc2cc(Nc3ccc(F)cc3S(C)(=O)=O)c3nc(C(F)F)n(C4CCCCO4)c3n2)ccc1OCCOC. The van der Waals surface area contributed by atoms with Gasteiger partial charge in [-0.25, -0.2) is 31.6 Å². The Kier molecular flexibility index (Phi) is 9.33. The molecule has 44 heavy (non-hydrogen) atoms. The smallest absolute Gasteiger partial charge is 0.312 e. The Labute approximate surface area is 251 Å². The van der Waals surface area contributed by atoms with Crippen LogP contribution in [-0.4, -0.2) is 61.1 Å². The lowest BCUT2D eigenvalue weighted by atomic mass is 10.1. The van der Waals surface area contributed by atoms with E-state index < -0.39 is 34.1 Å². The molecule has 0 bridgehead atoms. The molecule has 4 aromatic rings. The molecule has 15 heteroatoms. The van der Waals surface area contributed by atoms with Gasteiger partial charge in [0.2, 0.25) is 0 Å². The van der Waals surface area contributed by atoms with Crippen LogP contribution < -0.4 is 10.1 Å². The standard InChI is InChI=1S/C29H29F3N6O5S/c1-33-27-22(42-13-12-41-2)10-8-18(34-27)15-19-16-21(36-20-9-7-17(30)14-23(20)44(3,39)40)25-28(35-19)38(29(37-25)26(31)32)24-6-4-5-11-43-24/h7-10,14,16,24,26H,4-6,11-13,15H2,2-3H3,(H,35,36). The molecule has 1 fully saturated rings. The van der Waals surface area contributed by atoms with Gasteiger partial charge < -0.3 is 24.4 Å². The molecule has 3 aromatic heterocycles. The maximum atomic E-state index is 14.4. The highest BCUT2D eigenvalue weighted by molar-refractivity contribution is 7.90. The van der Waals surface area contributed by atoms with Crippen molar-refractivity contribution >= 4 is 38.2 Å². The van der Waals surface area contributed by atoms with Crippen molar-refractivity contribution < 1.29 is 35.8 Å². The zero-order valence-electron chi connectivity index (χ0n) is 23.9. The van der Waals surface area contributed by atoms with E-state index in [0.29, 0.717) is 31.0 Å². The molecule has 1 aliphatic heterocycles. The van der Waals surface area contributed by atoms with Crippen LogP contribution >= 0.6 is 0 Å². The number of aromatic nitrogens is 4. The van der Waals surface area contributed by atoms with Crippen molar-refractivity contribution in [1.82, 2.24) is 19.5 Å². The summed E-state index contributed by atoms with van der Waals surface area (Å²) in [4.78, 5) is 16.4. The summed E-state index contributed by atoms with van der Waals surface area (Å²) in [5.74, 6) is -0.993. The first kappa shape index (κ1) is 31.2. The molecule has 5 rings (SSSR count). The average molecular weight is 631 g/mol. The molecule has 0 amide bonds. The Morgan fingerprint density at radius 2 is 1.93 bits per heavy atom. The minimum Gasteiger partial charge on any atom is -0.500 e. The summed E-state index contributed by atoms with van der Waals surface area (Å²) in [6.45, 7) is 8.47. The lowest BCUT2D eigenvalue weighted by Crippen LogP contribution is -2.20. The van der Waals surface area contributed by atoms with E-state index >= 15 is 0 Å². The van der Waals surface area contributed by atoms with Crippen molar-refractivity contribution in [2.75, 3.05) is 38.5 Å². The Hall–Kier alpha value is -4.26. The first-order valence-corrected chi connectivity index (χ1v) is 15.6. The largest absolute Gasteiger partial charge is 0.500 e. The van der Waals surface area contributed by atoms with E-state index in [9.17, 15) is 21.6 Å². The van der Waals surface area contributed by atoms with Crippen LogP contribution in [0.4, 0.5) is 30.4 Å². The second-order valence-corrected chi connectivity index (χ2v) is 12.1. The zero-order valence-corrected chi connectivity index (χ0v) is 24.7. The van der Waals surface area contributed by atoms with Gasteiger partial charge in [-0.2, -0.15) is 0 Å². The summed E-state index contributed by atoms with van der Waals surface area (Å²) in [5, 5.41) is 2.97. The van der Waals surface area contributed by atoms with Crippen molar-refractivity contribution in [3.05, 3.63) is 70.8 Å². The van der Waals surface area contributed by atoms with E-state index in [1.807, 2.05) is 0 Å². The van der Waals surface area contributed by atoms with Gasteiger partial charge in [0.1, 0.15) is 35.6 Å². The molecule has 4 heterocycles. The lowest BCUT2D eigenvalue weighted by Gasteiger charge is -2.25. The maximum Gasteiger partial charge on any atom is 0.312 e. The first-order chi connectivity index (χ1) is 21.1. The number of imidazole rings is 1. The van der Waals surface area contributed by atoms with Crippen molar-refractivity contribution in [1.29, 1.82) is 0 Å². The fraction of sp³-hybridized carbons (Fsp3) is 0.379. The van der Waals surface area contributed by atoms with Crippen molar-refractivity contribution in [3.63, 3.8) is 0 Å². The lowest BCUT2D eigenvalue weighted by molar-refractivity contribution is -0.0363. The van der Waals surface area contributed by atoms with Gasteiger partial charge in [-0.3, -0.25) is 4.57 Å². The predicted octanol–water partition coefficient (Wildman–Crippen LogP) is 5.92. The van der Waals surface area contributed by atoms with E-state index in [-0.39, 0.29) is 52.0 Å². The molecule has 232 valence electrons. The Balaban J connectivity index is 1.64. The van der Waals surface area contributed by atoms with E-state index in [2.05, 4.69) is 25.1 Å². The van der Waals surface area contributed by atoms with Gasteiger partial charge in [0.15, 0.2) is 21.3 Å². The zero-order chi connectivity index (χ0) is 31.4. The number of nitrogens with zero attached hydrogens (tertiary/aromatic N) is 5. The summed E-state index contributed by atoms with van der Waals surface area (Å²) >= 11 is 0. The van der Waals surface area contributed by atoms with Crippen LogP contribution in [0.5, 0.6) is 5.75 Å². The Bertz CT molecular complexity index is 1820. The fourth-order valence-electron chi connectivity index (χ4n) is 4.92. The van der Waals surface area contributed by atoms with Gasteiger partial charge in [-0.1, -0.05) is 6.57 Å². The molecule has 1 aromatic carbocycles. The third-order valence-corrected chi connectivity index (χ3v) is 8.03. The Morgan fingerprint density at radius 1 is 1.11 bits per heavy atom. The molecule has 11 nitrogen and oxygen atoms in total. The number of halogens is 3. The molecule has 0 saturated carbocycles. The quantitative estimate of drug-likeness (QED) is 0.159. The number of methoxy groups -OCH3 is 1.